The summed E-state index contributed by atoms with van der Waals surface area (Å²) in [6.07, 6.45) is 0. The number of rotatable bonds is 7. The number of carbonyl (C=O) groups excluding carboxylic acids is 1. The second-order valence-corrected chi connectivity index (χ2v) is 6.05. The minimum atomic E-state index is 0.188. The first-order chi connectivity index (χ1) is 9.88. The summed E-state index contributed by atoms with van der Waals surface area (Å²) in [6.45, 7) is 13.7. The molecule has 1 amide bonds. The Hall–Kier alpha value is -1.35. The topological polar surface area (TPSA) is 23.6 Å². The van der Waals surface area contributed by atoms with E-state index in [1.165, 1.54) is 16.7 Å². The van der Waals surface area contributed by atoms with Crippen LogP contribution in [-0.4, -0.2) is 42.4 Å². The summed E-state index contributed by atoms with van der Waals surface area (Å²) in [7, 11) is 1.90. The summed E-state index contributed by atoms with van der Waals surface area (Å²) in [5.74, 6) is 0.703. The summed E-state index contributed by atoms with van der Waals surface area (Å²) in [5.41, 5.74) is 3.83. The van der Waals surface area contributed by atoms with Crippen molar-refractivity contribution >= 4 is 5.91 Å². The van der Waals surface area contributed by atoms with E-state index in [-0.39, 0.29) is 5.91 Å². The van der Waals surface area contributed by atoms with Gasteiger partial charge >= 0.3 is 0 Å². The second kappa shape index (κ2) is 8.18. The van der Waals surface area contributed by atoms with Crippen molar-refractivity contribution in [3.05, 3.63) is 34.9 Å². The lowest BCUT2D eigenvalue weighted by Crippen LogP contribution is -2.38. The van der Waals surface area contributed by atoms with Gasteiger partial charge in [0.15, 0.2) is 0 Å². The molecule has 0 saturated carbocycles. The lowest BCUT2D eigenvalue weighted by atomic mass is 9.97. The highest BCUT2D eigenvalue weighted by Gasteiger charge is 2.14. The molecule has 1 rings (SSSR count). The monoisotopic (exact) mass is 290 g/mol. The minimum absolute atomic E-state index is 0.188. The summed E-state index contributed by atoms with van der Waals surface area (Å²) >= 11 is 0. The van der Waals surface area contributed by atoms with Crippen molar-refractivity contribution in [2.24, 2.45) is 0 Å². The van der Waals surface area contributed by atoms with Gasteiger partial charge in [0.2, 0.25) is 5.91 Å². The molecule has 3 nitrogen and oxygen atoms in total. The molecule has 0 fully saturated rings. The van der Waals surface area contributed by atoms with Crippen molar-refractivity contribution in [2.75, 3.05) is 26.7 Å². The van der Waals surface area contributed by atoms with Gasteiger partial charge in [-0.2, -0.15) is 0 Å². The molecule has 0 aliphatic carbocycles. The van der Waals surface area contributed by atoms with Gasteiger partial charge in [0, 0.05) is 13.6 Å². The number of hydrogen-bond acceptors (Lipinski definition) is 2. The average molecular weight is 290 g/mol. The third kappa shape index (κ3) is 5.16. The highest BCUT2D eigenvalue weighted by Crippen LogP contribution is 2.19. The second-order valence-electron chi connectivity index (χ2n) is 6.05. The Bertz CT molecular complexity index is 464. The molecule has 0 spiro atoms. The first-order valence-electron chi connectivity index (χ1n) is 7.94. The molecule has 0 N–H and O–H groups in total. The van der Waals surface area contributed by atoms with Crippen LogP contribution in [0, 0.1) is 6.92 Å². The highest BCUT2D eigenvalue weighted by molar-refractivity contribution is 5.78. The van der Waals surface area contributed by atoms with Crippen LogP contribution in [0.5, 0.6) is 0 Å². The van der Waals surface area contributed by atoms with Crippen LogP contribution < -0.4 is 0 Å². The minimum Gasteiger partial charge on any atom is -0.340 e. The average Bonchev–Trinajstić information content (AvgIpc) is 2.46. The van der Waals surface area contributed by atoms with Gasteiger partial charge in [-0.15, -0.1) is 0 Å². The Labute approximate surface area is 129 Å². The van der Waals surface area contributed by atoms with Crippen molar-refractivity contribution < 1.29 is 4.79 Å². The van der Waals surface area contributed by atoms with E-state index in [9.17, 15) is 4.79 Å². The summed E-state index contributed by atoms with van der Waals surface area (Å²) in [6, 6.07) is 6.58. The summed E-state index contributed by atoms with van der Waals surface area (Å²) < 4.78 is 0. The number of hydrogen-bond donors (Lipinski definition) is 0. The molecule has 0 atom stereocenters. The third-order valence-corrected chi connectivity index (χ3v) is 4.13. The quantitative estimate of drug-likeness (QED) is 0.768. The van der Waals surface area contributed by atoms with Crippen LogP contribution in [0.3, 0.4) is 0 Å². The zero-order valence-electron chi connectivity index (χ0n) is 14.4. The number of nitrogens with zero attached hydrogens (tertiary/aromatic N) is 2. The highest BCUT2D eigenvalue weighted by atomic mass is 16.2. The van der Waals surface area contributed by atoms with Crippen LogP contribution in [0.25, 0.3) is 0 Å². The molecule has 0 aliphatic rings. The predicted octanol–water partition coefficient (Wildman–Crippen LogP) is 3.42. The standard InChI is InChI=1S/C18H30N2O/c1-7-20(8-2)13-18(21)19(6)12-17-11-16(14(3)4)10-9-15(17)5/h9-11,14H,7-8,12-13H2,1-6H3. The fourth-order valence-corrected chi connectivity index (χ4v) is 2.32. The van der Waals surface area contributed by atoms with E-state index in [0.29, 0.717) is 19.0 Å². The lowest BCUT2D eigenvalue weighted by molar-refractivity contribution is -0.131. The molecule has 0 aromatic heterocycles. The Kier molecular flexibility index (Phi) is 6.90. The first kappa shape index (κ1) is 17.7. The Balaban J connectivity index is 2.76. The largest absolute Gasteiger partial charge is 0.340 e. The number of likely N-dealkylation sites (N-methyl/N-ethyl adjacent to an activating group) is 2. The van der Waals surface area contributed by atoms with E-state index in [1.54, 1.807) is 0 Å². The molecule has 21 heavy (non-hydrogen) atoms. The maximum Gasteiger partial charge on any atom is 0.236 e. The van der Waals surface area contributed by atoms with Crippen molar-refractivity contribution in [3.8, 4) is 0 Å². The van der Waals surface area contributed by atoms with E-state index < -0.39 is 0 Å². The molecule has 0 heterocycles. The SMILES string of the molecule is CCN(CC)CC(=O)N(C)Cc1cc(C(C)C)ccc1C. The first-order valence-corrected chi connectivity index (χ1v) is 7.94. The van der Waals surface area contributed by atoms with Gasteiger partial charge in [-0.05, 0) is 42.6 Å². The van der Waals surface area contributed by atoms with Gasteiger partial charge in [0.1, 0.15) is 0 Å². The molecule has 0 saturated heterocycles. The van der Waals surface area contributed by atoms with E-state index in [2.05, 4.69) is 57.7 Å². The molecule has 1 aromatic rings. The number of benzene rings is 1. The normalized spacial score (nSPS) is 11.2. The fourth-order valence-electron chi connectivity index (χ4n) is 2.32. The van der Waals surface area contributed by atoms with Crippen LogP contribution in [0.4, 0.5) is 0 Å². The van der Waals surface area contributed by atoms with Crippen LogP contribution >= 0.6 is 0 Å². The maximum absolute atomic E-state index is 12.3. The lowest BCUT2D eigenvalue weighted by Gasteiger charge is -2.24. The number of amides is 1. The van der Waals surface area contributed by atoms with E-state index >= 15 is 0 Å². The molecule has 0 radical (unpaired) electrons. The molecule has 0 unspecified atom stereocenters. The Morgan fingerprint density at radius 1 is 1.19 bits per heavy atom. The van der Waals surface area contributed by atoms with Crippen molar-refractivity contribution in [2.45, 2.75) is 47.1 Å². The Morgan fingerprint density at radius 2 is 1.81 bits per heavy atom. The Morgan fingerprint density at radius 3 is 2.33 bits per heavy atom. The fraction of sp³-hybridized carbons (Fsp3) is 0.611. The molecule has 1 aromatic carbocycles. The molecule has 0 aliphatic heterocycles. The van der Waals surface area contributed by atoms with Crippen molar-refractivity contribution in [1.29, 1.82) is 0 Å². The van der Waals surface area contributed by atoms with Gasteiger partial charge in [-0.3, -0.25) is 9.69 Å². The maximum atomic E-state index is 12.3. The van der Waals surface area contributed by atoms with E-state index in [4.69, 9.17) is 0 Å². The van der Waals surface area contributed by atoms with Gasteiger partial charge in [0.05, 0.1) is 6.54 Å². The van der Waals surface area contributed by atoms with Crippen LogP contribution in [0.15, 0.2) is 18.2 Å². The van der Waals surface area contributed by atoms with E-state index in [1.807, 2.05) is 11.9 Å². The van der Waals surface area contributed by atoms with Crippen LogP contribution in [0.2, 0.25) is 0 Å². The molecule has 118 valence electrons. The molecular formula is C18H30N2O. The van der Waals surface area contributed by atoms with E-state index in [0.717, 1.165) is 13.1 Å². The molecular weight excluding hydrogens is 260 g/mol. The van der Waals surface area contributed by atoms with Gasteiger partial charge in [-0.1, -0.05) is 45.9 Å². The van der Waals surface area contributed by atoms with Gasteiger partial charge in [-0.25, -0.2) is 0 Å². The number of carbonyl (C=O) groups is 1. The van der Waals surface area contributed by atoms with Crippen LogP contribution in [-0.2, 0) is 11.3 Å². The van der Waals surface area contributed by atoms with Gasteiger partial charge in [0.25, 0.3) is 0 Å². The zero-order chi connectivity index (χ0) is 16.0. The number of aryl methyl sites for hydroxylation is 1. The van der Waals surface area contributed by atoms with Gasteiger partial charge < -0.3 is 4.90 Å². The summed E-state index contributed by atoms with van der Waals surface area (Å²) in [5, 5.41) is 0. The van der Waals surface area contributed by atoms with Crippen molar-refractivity contribution in [3.63, 3.8) is 0 Å². The van der Waals surface area contributed by atoms with Crippen LogP contribution in [0.1, 0.15) is 50.3 Å². The summed E-state index contributed by atoms with van der Waals surface area (Å²) in [4.78, 5) is 16.3. The smallest absolute Gasteiger partial charge is 0.236 e. The predicted molar refractivity (Wildman–Crippen MR) is 89.5 cm³/mol. The zero-order valence-corrected chi connectivity index (χ0v) is 14.4. The third-order valence-electron chi connectivity index (χ3n) is 4.13. The molecule has 3 heteroatoms. The molecule has 0 bridgehead atoms. The van der Waals surface area contributed by atoms with Crippen molar-refractivity contribution in [1.82, 2.24) is 9.80 Å².